The van der Waals surface area contributed by atoms with Crippen molar-refractivity contribution in [3.8, 4) is 0 Å². The molecule has 8 heteroatoms. The van der Waals surface area contributed by atoms with E-state index in [1.54, 1.807) is 6.92 Å². The van der Waals surface area contributed by atoms with Gasteiger partial charge in [-0.3, -0.25) is 14.5 Å². The number of imide groups is 1. The zero-order valence-corrected chi connectivity index (χ0v) is 9.83. The average molecular weight is 252 g/mol. The molecule has 0 unspecified atom stereocenters. The highest BCUT2D eigenvalue weighted by atomic mass is 16.6. The second-order valence-electron chi connectivity index (χ2n) is 4.01. The van der Waals surface area contributed by atoms with Crippen LogP contribution in [0.2, 0.25) is 0 Å². The SMILES string of the molecule is Cc1ncc([N+](=O)[O-])n1CCN1C(=O)CCC1=O. The highest BCUT2D eigenvalue weighted by Crippen LogP contribution is 2.16. The standard InChI is InChI=1S/C10H12N4O4/c1-7-11-6-8(14(17)18)12(7)4-5-13-9(15)2-3-10(13)16/h6H,2-5H2,1H3. The number of amides is 2. The molecule has 1 aromatic heterocycles. The monoisotopic (exact) mass is 252 g/mol. The summed E-state index contributed by atoms with van der Waals surface area (Å²) in [7, 11) is 0. The molecule has 0 radical (unpaired) electrons. The Balaban J connectivity index is 2.11. The summed E-state index contributed by atoms with van der Waals surface area (Å²) in [4.78, 5) is 38.0. The lowest BCUT2D eigenvalue weighted by Crippen LogP contribution is -2.32. The lowest BCUT2D eigenvalue weighted by molar-refractivity contribution is -0.392. The third kappa shape index (κ3) is 2.08. The highest BCUT2D eigenvalue weighted by molar-refractivity contribution is 6.01. The van der Waals surface area contributed by atoms with Crippen LogP contribution in [0.4, 0.5) is 5.82 Å². The number of likely N-dealkylation sites (tertiary alicyclic amines) is 1. The molecule has 0 atom stereocenters. The molecule has 0 aromatic carbocycles. The van der Waals surface area contributed by atoms with Crippen LogP contribution in [0, 0.1) is 17.0 Å². The Morgan fingerprint density at radius 3 is 2.50 bits per heavy atom. The maximum atomic E-state index is 11.4. The van der Waals surface area contributed by atoms with Crippen LogP contribution in [-0.2, 0) is 16.1 Å². The van der Waals surface area contributed by atoms with Gasteiger partial charge in [0.15, 0.2) is 5.82 Å². The minimum atomic E-state index is -0.534. The molecule has 0 aliphatic carbocycles. The van der Waals surface area contributed by atoms with Crippen LogP contribution in [0.3, 0.4) is 0 Å². The minimum Gasteiger partial charge on any atom is -0.358 e. The number of aryl methyl sites for hydroxylation is 1. The fourth-order valence-electron chi connectivity index (χ4n) is 1.95. The van der Waals surface area contributed by atoms with Gasteiger partial charge in [0.1, 0.15) is 12.7 Å². The van der Waals surface area contributed by atoms with Gasteiger partial charge in [-0.25, -0.2) is 9.55 Å². The normalized spacial score (nSPS) is 15.5. The van der Waals surface area contributed by atoms with Crippen LogP contribution in [0.15, 0.2) is 6.20 Å². The van der Waals surface area contributed by atoms with E-state index < -0.39 is 4.92 Å². The maximum absolute atomic E-state index is 11.4. The first-order valence-electron chi connectivity index (χ1n) is 5.50. The van der Waals surface area contributed by atoms with Crippen molar-refractivity contribution in [3.63, 3.8) is 0 Å². The van der Waals surface area contributed by atoms with Gasteiger partial charge >= 0.3 is 5.82 Å². The third-order valence-corrected chi connectivity index (χ3v) is 2.92. The first-order chi connectivity index (χ1) is 8.50. The lowest BCUT2D eigenvalue weighted by atomic mass is 10.4. The third-order valence-electron chi connectivity index (χ3n) is 2.92. The van der Waals surface area contributed by atoms with Gasteiger partial charge in [0, 0.05) is 19.8 Å². The molecule has 0 bridgehead atoms. The molecule has 2 heterocycles. The molecule has 1 saturated heterocycles. The van der Waals surface area contributed by atoms with Crippen LogP contribution in [-0.4, -0.2) is 37.7 Å². The number of carbonyl (C=O) groups excluding carboxylic acids is 2. The van der Waals surface area contributed by atoms with E-state index in [2.05, 4.69) is 4.98 Å². The van der Waals surface area contributed by atoms with Gasteiger partial charge in [0.05, 0.1) is 6.54 Å². The van der Waals surface area contributed by atoms with Gasteiger partial charge < -0.3 is 10.1 Å². The smallest absolute Gasteiger partial charge is 0.342 e. The Bertz CT molecular complexity index is 506. The number of aromatic nitrogens is 2. The van der Waals surface area contributed by atoms with Gasteiger partial charge in [0.2, 0.25) is 11.8 Å². The summed E-state index contributed by atoms with van der Waals surface area (Å²) in [6.07, 6.45) is 1.62. The number of rotatable bonds is 4. The second-order valence-corrected chi connectivity index (χ2v) is 4.01. The van der Waals surface area contributed by atoms with Crippen LogP contribution in [0.5, 0.6) is 0 Å². The summed E-state index contributed by atoms with van der Waals surface area (Å²) in [6, 6.07) is 0. The first-order valence-corrected chi connectivity index (χ1v) is 5.50. The van der Waals surface area contributed by atoms with Crippen LogP contribution in [0.1, 0.15) is 18.7 Å². The fourth-order valence-corrected chi connectivity index (χ4v) is 1.95. The number of nitrogens with zero attached hydrogens (tertiary/aromatic N) is 4. The molecule has 8 nitrogen and oxygen atoms in total. The lowest BCUT2D eigenvalue weighted by Gasteiger charge is -2.12. The highest BCUT2D eigenvalue weighted by Gasteiger charge is 2.29. The van der Waals surface area contributed by atoms with Crippen molar-refractivity contribution < 1.29 is 14.5 Å². The molecule has 0 N–H and O–H groups in total. The van der Waals surface area contributed by atoms with Crippen molar-refractivity contribution in [2.45, 2.75) is 26.3 Å². The molecule has 0 saturated carbocycles. The average Bonchev–Trinajstić information content (AvgIpc) is 2.82. The Kier molecular flexibility index (Phi) is 3.09. The van der Waals surface area contributed by atoms with E-state index in [4.69, 9.17) is 0 Å². The molecule has 1 fully saturated rings. The van der Waals surface area contributed by atoms with E-state index in [1.807, 2.05) is 0 Å². The van der Waals surface area contributed by atoms with E-state index in [0.29, 0.717) is 5.82 Å². The topological polar surface area (TPSA) is 98.3 Å². The van der Waals surface area contributed by atoms with Gasteiger partial charge in [-0.1, -0.05) is 0 Å². The molecule has 1 aliphatic heterocycles. The molecule has 96 valence electrons. The zero-order chi connectivity index (χ0) is 13.3. The predicted molar refractivity (Wildman–Crippen MR) is 59.6 cm³/mol. The number of carbonyl (C=O) groups is 2. The Labute approximate surface area is 102 Å². The van der Waals surface area contributed by atoms with Crippen molar-refractivity contribution in [2.24, 2.45) is 0 Å². The summed E-state index contributed by atoms with van der Waals surface area (Å²) in [5, 5.41) is 10.8. The Morgan fingerprint density at radius 1 is 1.33 bits per heavy atom. The molecular formula is C10H12N4O4. The van der Waals surface area contributed by atoms with E-state index in [9.17, 15) is 19.7 Å². The summed E-state index contributed by atoms with van der Waals surface area (Å²) in [6.45, 7) is 1.98. The van der Waals surface area contributed by atoms with Crippen molar-refractivity contribution in [1.29, 1.82) is 0 Å². The molecule has 18 heavy (non-hydrogen) atoms. The van der Waals surface area contributed by atoms with E-state index >= 15 is 0 Å². The van der Waals surface area contributed by atoms with Gasteiger partial charge in [-0.2, -0.15) is 0 Å². The summed E-state index contributed by atoms with van der Waals surface area (Å²) >= 11 is 0. The Hall–Kier alpha value is -2.25. The largest absolute Gasteiger partial charge is 0.358 e. The van der Waals surface area contributed by atoms with Crippen LogP contribution >= 0.6 is 0 Å². The van der Waals surface area contributed by atoms with E-state index in [-0.39, 0.29) is 43.6 Å². The maximum Gasteiger partial charge on any atom is 0.342 e. The minimum absolute atomic E-state index is 0.133. The molecule has 2 rings (SSSR count). The van der Waals surface area contributed by atoms with Crippen molar-refractivity contribution in [3.05, 3.63) is 22.1 Å². The van der Waals surface area contributed by atoms with E-state index in [0.717, 1.165) is 4.90 Å². The molecule has 2 amide bonds. The quantitative estimate of drug-likeness (QED) is 0.434. The van der Waals surface area contributed by atoms with Crippen molar-refractivity contribution >= 4 is 17.6 Å². The zero-order valence-electron chi connectivity index (χ0n) is 9.83. The van der Waals surface area contributed by atoms with Crippen molar-refractivity contribution in [2.75, 3.05) is 6.54 Å². The number of hydrogen-bond donors (Lipinski definition) is 0. The Morgan fingerprint density at radius 2 is 1.94 bits per heavy atom. The van der Waals surface area contributed by atoms with E-state index in [1.165, 1.54) is 10.8 Å². The van der Waals surface area contributed by atoms with Gasteiger partial charge in [-0.05, 0) is 4.92 Å². The van der Waals surface area contributed by atoms with Crippen LogP contribution < -0.4 is 0 Å². The fraction of sp³-hybridized carbons (Fsp3) is 0.500. The number of hydrogen-bond acceptors (Lipinski definition) is 5. The van der Waals surface area contributed by atoms with Crippen LogP contribution in [0.25, 0.3) is 0 Å². The molecule has 0 spiro atoms. The molecule has 1 aliphatic rings. The predicted octanol–water partition coefficient (Wildman–Crippen LogP) is 0.249. The second kappa shape index (κ2) is 4.55. The number of nitro groups is 1. The van der Waals surface area contributed by atoms with Gasteiger partial charge in [-0.15, -0.1) is 0 Å². The summed E-state index contributed by atoms with van der Waals surface area (Å²) < 4.78 is 1.39. The molecule has 1 aromatic rings. The van der Waals surface area contributed by atoms with Crippen molar-refractivity contribution in [1.82, 2.24) is 14.5 Å². The first kappa shape index (κ1) is 12.2. The van der Waals surface area contributed by atoms with Gasteiger partial charge in [0.25, 0.3) is 0 Å². The molecular weight excluding hydrogens is 240 g/mol. The number of imidazole rings is 1. The summed E-state index contributed by atoms with van der Waals surface area (Å²) in [5.41, 5.74) is 0. The summed E-state index contributed by atoms with van der Waals surface area (Å²) in [5.74, 6) is -0.0896.